The van der Waals surface area contributed by atoms with E-state index in [1.165, 1.54) is 0 Å². The Morgan fingerprint density at radius 1 is 1.42 bits per heavy atom. The van der Waals surface area contributed by atoms with Gasteiger partial charge in [-0.25, -0.2) is 4.68 Å². The number of rotatable bonds is 7. The van der Waals surface area contributed by atoms with E-state index in [9.17, 15) is 4.79 Å². The lowest BCUT2D eigenvalue weighted by Gasteiger charge is -2.11. The number of ether oxygens (including phenoxy) is 2. The van der Waals surface area contributed by atoms with Crippen LogP contribution >= 0.6 is 0 Å². The fourth-order valence-electron chi connectivity index (χ4n) is 2.54. The van der Waals surface area contributed by atoms with Gasteiger partial charge in [0.2, 0.25) is 0 Å². The summed E-state index contributed by atoms with van der Waals surface area (Å²) in [7, 11) is 0. The number of carbonyl (C=O) groups is 1. The summed E-state index contributed by atoms with van der Waals surface area (Å²) >= 11 is 0. The van der Waals surface area contributed by atoms with Gasteiger partial charge in [0.05, 0.1) is 6.10 Å². The summed E-state index contributed by atoms with van der Waals surface area (Å²) < 4.78 is 12.8. The molecule has 8 nitrogen and oxygen atoms in total. The zero-order valence-electron chi connectivity index (χ0n) is 13.6. The van der Waals surface area contributed by atoms with Gasteiger partial charge in [0.15, 0.2) is 5.82 Å². The highest BCUT2D eigenvalue weighted by molar-refractivity contribution is 5.94. The fourth-order valence-corrected chi connectivity index (χ4v) is 2.54. The molecule has 1 aromatic carbocycles. The second-order valence-electron chi connectivity index (χ2n) is 5.57. The molecule has 1 aliphatic heterocycles. The van der Waals surface area contributed by atoms with Crippen molar-refractivity contribution in [1.82, 2.24) is 25.5 Å². The maximum atomic E-state index is 12.1. The summed E-state index contributed by atoms with van der Waals surface area (Å²) in [5, 5.41) is 14.3. The predicted molar refractivity (Wildman–Crippen MR) is 85.6 cm³/mol. The molecule has 128 valence electrons. The van der Waals surface area contributed by atoms with Crippen molar-refractivity contribution in [3.8, 4) is 5.75 Å². The summed E-state index contributed by atoms with van der Waals surface area (Å²) in [4.78, 5) is 12.1. The smallest absolute Gasteiger partial charge is 0.251 e. The molecule has 0 radical (unpaired) electrons. The third kappa shape index (κ3) is 4.08. The molecule has 2 aromatic rings. The van der Waals surface area contributed by atoms with E-state index in [1.54, 1.807) is 28.9 Å². The van der Waals surface area contributed by atoms with E-state index >= 15 is 0 Å². The van der Waals surface area contributed by atoms with E-state index in [4.69, 9.17) is 9.47 Å². The average Bonchev–Trinajstić information content (AvgIpc) is 3.29. The fraction of sp³-hybridized carbons (Fsp3) is 0.500. The first kappa shape index (κ1) is 16.4. The Kier molecular flexibility index (Phi) is 5.37. The predicted octanol–water partition coefficient (Wildman–Crippen LogP) is 1.18. The van der Waals surface area contributed by atoms with E-state index in [0.717, 1.165) is 19.4 Å². The molecule has 0 aliphatic carbocycles. The van der Waals surface area contributed by atoms with Gasteiger partial charge in [-0.1, -0.05) is 0 Å². The highest BCUT2D eigenvalue weighted by atomic mass is 16.5. The Morgan fingerprint density at radius 3 is 2.96 bits per heavy atom. The number of tetrazole rings is 1. The lowest BCUT2D eigenvalue weighted by Crippen LogP contribution is -2.31. The monoisotopic (exact) mass is 331 g/mol. The maximum Gasteiger partial charge on any atom is 0.251 e. The van der Waals surface area contributed by atoms with Crippen LogP contribution in [0.1, 0.15) is 35.9 Å². The molecule has 1 unspecified atom stereocenters. The van der Waals surface area contributed by atoms with Crippen molar-refractivity contribution in [2.45, 2.75) is 39.0 Å². The van der Waals surface area contributed by atoms with Crippen LogP contribution in [0.3, 0.4) is 0 Å². The number of hydrogen-bond acceptors (Lipinski definition) is 6. The quantitative estimate of drug-likeness (QED) is 0.819. The molecule has 24 heavy (non-hydrogen) atoms. The number of nitrogens with zero attached hydrogens (tertiary/aromatic N) is 4. The van der Waals surface area contributed by atoms with Crippen LogP contribution in [0.5, 0.6) is 5.75 Å². The lowest BCUT2D eigenvalue weighted by atomic mass is 10.2. The maximum absolute atomic E-state index is 12.1. The normalized spacial score (nSPS) is 17.0. The minimum absolute atomic E-state index is 0.105. The lowest BCUT2D eigenvalue weighted by molar-refractivity contribution is 0.0857. The first-order valence-electron chi connectivity index (χ1n) is 8.14. The Hall–Kier alpha value is -2.48. The summed E-state index contributed by atoms with van der Waals surface area (Å²) in [6.45, 7) is 4.27. The number of carbonyl (C=O) groups excluding carboxylic acids is 1. The first-order chi connectivity index (χ1) is 11.8. The van der Waals surface area contributed by atoms with E-state index in [2.05, 4.69) is 20.8 Å². The van der Waals surface area contributed by atoms with Gasteiger partial charge in [-0.05, 0) is 54.5 Å². The molecule has 8 heteroatoms. The van der Waals surface area contributed by atoms with Crippen LogP contribution in [0, 0.1) is 0 Å². The molecule has 1 aliphatic rings. The van der Waals surface area contributed by atoms with Gasteiger partial charge in [-0.15, -0.1) is 5.10 Å². The molecule has 1 amide bonds. The number of benzene rings is 1. The standard InChI is InChI=1S/C16H21N5O3/c1-2-21-15(18-19-20-21)11-24-13-7-5-12(6-8-13)16(22)17-10-14-4-3-9-23-14/h5-8,14H,2-4,9-11H2,1H3,(H,17,22). The summed E-state index contributed by atoms with van der Waals surface area (Å²) in [6.07, 6.45) is 2.21. The molecule has 0 bridgehead atoms. The van der Waals surface area contributed by atoms with E-state index < -0.39 is 0 Å². The van der Waals surface area contributed by atoms with Crippen molar-refractivity contribution in [2.24, 2.45) is 0 Å². The average molecular weight is 331 g/mol. The number of aryl methyl sites for hydroxylation is 1. The van der Waals surface area contributed by atoms with Gasteiger partial charge in [0.1, 0.15) is 12.4 Å². The Morgan fingerprint density at radius 2 is 2.25 bits per heavy atom. The molecule has 0 saturated carbocycles. The number of aromatic nitrogens is 4. The van der Waals surface area contributed by atoms with Crippen LogP contribution in [0.2, 0.25) is 0 Å². The molecule has 0 spiro atoms. The van der Waals surface area contributed by atoms with Gasteiger partial charge in [-0.3, -0.25) is 4.79 Å². The molecule has 2 heterocycles. The second kappa shape index (κ2) is 7.87. The number of nitrogens with one attached hydrogen (secondary N) is 1. The van der Waals surface area contributed by atoms with Crippen molar-refractivity contribution in [3.63, 3.8) is 0 Å². The van der Waals surface area contributed by atoms with Crippen molar-refractivity contribution < 1.29 is 14.3 Å². The van der Waals surface area contributed by atoms with Crippen LogP contribution in [-0.4, -0.2) is 45.4 Å². The van der Waals surface area contributed by atoms with E-state index in [1.807, 2.05) is 6.92 Å². The molecule has 1 fully saturated rings. The Labute approximate surface area is 140 Å². The van der Waals surface area contributed by atoms with Gasteiger partial charge in [0, 0.05) is 25.3 Å². The van der Waals surface area contributed by atoms with Gasteiger partial charge in [0.25, 0.3) is 5.91 Å². The molecule has 1 aromatic heterocycles. The van der Waals surface area contributed by atoms with E-state index in [0.29, 0.717) is 30.2 Å². The molecule has 1 N–H and O–H groups in total. The zero-order valence-corrected chi connectivity index (χ0v) is 13.6. The van der Waals surface area contributed by atoms with Crippen LogP contribution in [0.4, 0.5) is 0 Å². The van der Waals surface area contributed by atoms with Crippen LogP contribution in [0.25, 0.3) is 0 Å². The third-order valence-corrected chi connectivity index (χ3v) is 3.90. The summed E-state index contributed by atoms with van der Waals surface area (Å²) in [6, 6.07) is 7.01. The zero-order chi connectivity index (χ0) is 16.8. The molecule has 1 saturated heterocycles. The van der Waals surface area contributed by atoms with Crippen molar-refractivity contribution in [3.05, 3.63) is 35.7 Å². The summed E-state index contributed by atoms with van der Waals surface area (Å²) in [5.74, 6) is 1.22. The summed E-state index contributed by atoms with van der Waals surface area (Å²) in [5.41, 5.74) is 0.596. The largest absolute Gasteiger partial charge is 0.486 e. The van der Waals surface area contributed by atoms with Crippen molar-refractivity contribution in [2.75, 3.05) is 13.2 Å². The molecular formula is C16H21N5O3. The third-order valence-electron chi connectivity index (χ3n) is 3.90. The topological polar surface area (TPSA) is 91.2 Å². The Bertz CT molecular complexity index is 665. The Balaban J connectivity index is 1.50. The second-order valence-corrected chi connectivity index (χ2v) is 5.57. The van der Waals surface area contributed by atoms with E-state index in [-0.39, 0.29) is 18.6 Å². The SMILES string of the molecule is CCn1nnnc1COc1ccc(C(=O)NCC2CCCO2)cc1. The highest BCUT2D eigenvalue weighted by Crippen LogP contribution is 2.14. The van der Waals surface area contributed by atoms with Gasteiger partial charge < -0.3 is 14.8 Å². The van der Waals surface area contributed by atoms with Gasteiger partial charge in [-0.2, -0.15) is 0 Å². The van der Waals surface area contributed by atoms with Crippen LogP contribution < -0.4 is 10.1 Å². The minimum Gasteiger partial charge on any atom is -0.486 e. The molecular weight excluding hydrogens is 310 g/mol. The van der Waals surface area contributed by atoms with Crippen LogP contribution in [0.15, 0.2) is 24.3 Å². The minimum atomic E-state index is -0.105. The first-order valence-corrected chi connectivity index (χ1v) is 8.14. The highest BCUT2D eigenvalue weighted by Gasteiger charge is 2.16. The molecule has 1 atom stereocenters. The van der Waals surface area contributed by atoms with Crippen LogP contribution in [-0.2, 0) is 17.9 Å². The van der Waals surface area contributed by atoms with Crippen molar-refractivity contribution >= 4 is 5.91 Å². The van der Waals surface area contributed by atoms with Crippen molar-refractivity contribution in [1.29, 1.82) is 0 Å². The van der Waals surface area contributed by atoms with Gasteiger partial charge >= 0.3 is 0 Å². The number of amides is 1. The molecule has 3 rings (SSSR count). The number of hydrogen-bond donors (Lipinski definition) is 1.